The first-order valence-corrected chi connectivity index (χ1v) is 6.41. The second-order valence-electron chi connectivity index (χ2n) is 3.99. The molecule has 14 heavy (non-hydrogen) atoms. The topological polar surface area (TPSA) is 32.3 Å². The van der Waals surface area contributed by atoms with E-state index in [0.717, 1.165) is 0 Å². The van der Waals surface area contributed by atoms with Gasteiger partial charge in [0.1, 0.15) is 6.17 Å². The number of alkyl halides is 1. The number of hydrogen-bond acceptors (Lipinski definition) is 3. The largest absolute Gasteiger partial charge is 0.330 e. The van der Waals surface area contributed by atoms with Crippen LogP contribution in [0.5, 0.6) is 0 Å². The van der Waals surface area contributed by atoms with E-state index in [9.17, 15) is 4.39 Å². The molecule has 0 aliphatic heterocycles. The summed E-state index contributed by atoms with van der Waals surface area (Å²) in [5.74, 6) is 0.180. The van der Waals surface area contributed by atoms with Gasteiger partial charge < -0.3 is 9.87 Å². The van der Waals surface area contributed by atoms with Crippen LogP contribution in [0.25, 0.3) is 0 Å². The van der Waals surface area contributed by atoms with Crippen LogP contribution in [0.15, 0.2) is 0 Å². The third-order valence-corrected chi connectivity index (χ3v) is 3.25. The third kappa shape index (κ3) is 5.17. The van der Waals surface area contributed by atoms with Crippen molar-refractivity contribution in [2.45, 2.75) is 50.7 Å². The fourth-order valence-corrected chi connectivity index (χ4v) is 2.20. The minimum atomic E-state index is -0.923. The lowest BCUT2D eigenvalue weighted by atomic mass is 10.1. The normalized spacial score (nSPS) is 21.9. The molecule has 2 N–H and O–H groups in total. The Morgan fingerprint density at radius 1 is 1.29 bits per heavy atom. The van der Waals surface area contributed by atoms with Crippen molar-refractivity contribution in [3.63, 3.8) is 0 Å². The van der Waals surface area contributed by atoms with Crippen molar-refractivity contribution in [2.75, 3.05) is 12.3 Å². The Kier molecular flexibility index (Phi) is 6.56. The highest BCUT2D eigenvalue weighted by atomic mass is 32.2. The van der Waals surface area contributed by atoms with Crippen molar-refractivity contribution in [1.82, 2.24) is 5.32 Å². The molecule has 0 spiro atoms. The van der Waals surface area contributed by atoms with Gasteiger partial charge in [0.15, 0.2) is 0 Å². The molecule has 84 valence electrons. The van der Waals surface area contributed by atoms with Crippen LogP contribution in [0, 0.1) is 0 Å². The summed E-state index contributed by atoms with van der Waals surface area (Å²) in [7, 11) is 0. The van der Waals surface area contributed by atoms with Gasteiger partial charge in [-0.05, 0) is 24.9 Å². The molecule has 0 heterocycles. The molecule has 0 aromatic rings. The third-order valence-electron chi connectivity index (χ3n) is 2.74. The monoisotopic (exact) mass is 221 g/mol. The van der Waals surface area contributed by atoms with Gasteiger partial charge >= 0.3 is 0 Å². The molecule has 0 amide bonds. The molecule has 0 aromatic heterocycles. The predicted octanol–water partition coefficient (Wildman–Crippen LogP) is 2.84. The van der Waals surface area contributed by atoms with Gasteiger partial charge in [-0.15, -0.1) is 0 Å². The maximum Gasteiger partial charge on any atom is 0.124 e. The van der Waals surface area contributed by atoms with E-state index in [-0.39, 0.29) is 5.75 Å². The molecule has 1 atom stereocenters. The van der Waals surface area contributed by atoms with Gasteiger partial charge in [-0.1, -0.05) is 25.7 Å². The Hall–Kier alpha value is 0.200. The SMILES string of the molecule is OSCC(F)CNC1CCCCCC1. The highest BCUT2D eigenvalue weighted by Crippen LogP contribution is 2.17. The zero-order valence-electron chi connectivity index (χ0n) is 8.54. The summed E-state index contributed by atoms with van der Waals surface area (Å²) >= 11 is 0.585. The Labute approximate surface area is 89.9 Å². The summed E-state index contributed by atoms with van der Waals surface area (Å²) in [6.45, 7) is 0.387. The summed E-state index contributed by atoms with van der Waals surface area (Å²) in [5.41, 5.74) is 0. The number of halogens is 1. The Morgan fingerprint density at radius 3 is 2.50 bits per heavy atom. The first-order valence-electron chi connectivity index (χ1n) is 5.46. The van der Waals surface area contributed by atoms with E-state index in [4.69, 9.17) is 4.55 Å². The van der Waals surface area contributed by atoms with E-state index in [1.165, 1.54) is 38.5 Å². The number of nitrogens with one attached hydrogen (secondary N) is 1. The van der Waals surface area contributed by atoms with Gasteiger partial charge in [0.2, 0.25) is 0 Å². The van der Waals surface area contributed by atoms with Crippen LogP contribution in [0.3, 0.4) is 0 Å². The van der Waals surface area contributed by atoms with Crippen molar-refractivity contribution in [3.05, 3.63) is 0 Å². The predicted molar refractivity (Wildman–Crippen MR) is 59.5 cm³/mol. The van der Waals surface area contributed by atoms with E-state index in [0.29, 0.717) is 24.6 Å². The molecule has 1 aliphatic carbocycles. The maximum absolute atomic E-state index is 13.0. The molecular weight excluding hydrogens is 201 g/mol. The van der Waals surface area contributed by atoms with E-state index < -0.39 is 6.17 Å². The van der Waals surface area contributed by atoms with Crippen LogP contribution < -0.4 is 5.32 Å². The molecular formula is C10H20FNOS. The number of rotatable bonds is 5. The minimum Gasteiger partial charge on any atom is -0.330 e. The molecule has 1 aliphatic rings. The fraction of sp³-hybridized carbons (Fsp3) is 1.00. The molecule has 0 radical (unpaired) electrons. The first-order chi connectivity index (χ1) is 6.83. The van der Waals surface area contributed by atoms with Crippen LogP contribution in [0.1, 0.15) is 38.5 Å². The highest BCUT2D eigenvalue weighted by Gasteiger charge is 2.13. The average Bonchev–Trinajstić information content (AvgIpc) is 2.43. The molecule has 2 nitrogen and oxygen atoms in total. The molecule has 0 aromatic carbocycles. The van der Waals surface area contributed by atoms with Gasteiger partial charge in [-0.25, -0.2) is 4.39 Å². The molecule has 1 saturated carbocycles. The van der Waals surface area contributed by atoms with Crippen LogP contribution in [0.2, 0.25) is 0 Å². The summed E-state index contributed by atoms with van der Waals surface area (Å²) in [4.78, 5) is 0. The zero-order valence-corrected chi connectivity index (χ0v) is 9.36. The molecule has 1 fully saturated rings. The average molecular weight is 221 g/mol. The summed E-state index contributed by atoms with van der Waals surface area (Å²) in [5, 5.41) is 3.25. The Morgan fingerprint density at radius 2 is 1.93 bits per heavy atom. The van der Waals surface area contributed by atoms with E-state index >= 15 is 0 Å². The summed E-state index contributed by atoms with van der Waals surface area (Å²) in [6.07, 6.45) is 6.62. The van der Waals surface area contributed by atoms with Crippen LogP contribution in [-0.2, 0) is 0 Å². The van der Waals surface area contributed by atoms with Crippen LogP contribution in [-0.4, -0.2) is 29.1 Å². The Balaban J connectivity index is 2.09. The van der Waals surface area contributed by atoms with Gasteiger partial charge in [-0.3, -0.25) is 0 Å². The molecule has 0 saturated heterocycles. The molecule has 0 bridgehead atoms. The van der Waals surface area contributed by atoms with Gasteiger partial charge in [-0.2, -0.15) is 0 Å². The van der Waals surface area contributed by atoms with Crippen molar-refractivity contribution in [2.24, 2.45) is 0 Å². The van der Waals surface area contributed by atoms with Crippen molar-refractivity contribution < 1.29 is 8.94 Å². The van der Waals surface area contributed by atoms with Crippen molar-refractivity contribution >= 4 is 12.0 Å². The van der Waals surface area contributed by atoms with Gasteiger partial charge in [0, 0.05) is 12.6 Å². The van der Waals surface area contributed by atoms with E-state index in [1.54, 1.807) is 0 Å². The number of hydrogen-bond donors (Lipinski definition) is 2. The minimum absolute atomic E-state index is 0.180. The van der Waals surface area contributed by atoms with Crippen LogP contribution >= 0.6 is 12.0 Å². The summed E-state index contributed by atoms with van der Waals surface area (Å²) < 4.78 is 21.5. The lowest BCUT2D eigenvalue weighted by Crippen LogP contribution is -2.34. The maximum atomic E-state index is 13.0. The van der Waals surface area contributed by atoms with E-state index in [1.807, 2.05) is 0 Å². The first kappa shape index (κ1) is 12.3. The standard InChI is InChI=1S/C10H20FNOS/c11-9(8-14-13)7-12-10-5-3-1-2-4-6-10/h9-10,12-13H,1-8H2. The molecule has 1 rings (SSSR count). The van der Waals surface area contributed by atoms with Crippen molar-refractivity contribution in [1.29, 1.82) is 0 Å². The highest BCUT2D eigenvalue weighted by molar-refractivity contribution is 7.93. The lowest BCUT2D eigenvalue weighted by molar-refractivity contribution is 0.322. The second kappa shape index (κ2) is 7.49. The second-order valence-corrected chi connectivity index (χ2v) is 4.58. The molecule has 1 unspecified atom stereocenters. The fourth-order valence-electron chi connectivity index (χ4n) is 1.92. The molecule has 4 heteroatoms. The zero-order chi connectivity index (χ0) is 10.2. The summed E-state index contributed by atoms with van der Waals surface area (Å²) in [6, 6.07) is 0.499. The quantitative estimate of drug-likeness (QED) is 0.553. The Bertz CT molecular complexity index is 140. The lowest BCUT2D eigenvalue weighted by Gasteiger charge is -2.17. The van der Waals surface area contributed by atoms with Crippen molar-refractivity contribution in [3.8, 4) is 0 Å². The smallest absolute Gasteiger partial charge is 0.124 e. The van der Waals surface area contributed by atoms with Crippen LogP contribution in [0.4, 0.5) is 4.39 Å². The van der Waals surface area contributed by atoms with Gasteiger partial charge in [0.05, 0.1) is 5.75 Å². The van der Waals surface area contributed by atoms with Gasteiger partial charge in [0.25, 0.3) is 0 Å². The van der Waals surface area contributed by atoms with E-state index in [2.05, 4.69) is 5.32 Å².